The number of amides is 1. The molecule has 1 aromatic heterocycles. The van der Waals surface area contributed by atoms with Crippen LogP contribution in [0, 0.1) is 5.92 Å². The third kappa shape index (κ3) is 6.03. The summed E-state index contributed by atoms with van der Waals surface area (Å²) in [5, 5.41) is 6.49. The number of rotatable bonds is 6. The SMILES string of the molecule is COc1ccc(C2=CC=CC(N3CNCc4cnc(N(C(=O)OOC(=O)C5CCNCC5)c5ccccc5)nc43)C2=O)cc1. The highest BCUT2D eigenvalue weighted by molar-refractivity contribution is 6.26. The number of ether oxygens (including phenoxy) is 1. The smallest absolute Gasteiger partial charge is 0.464 e. The van der Waals surface area contributed by atoms with Crippen LogP contribution in [0.4, 0.5) is 22.2 Å². The number of anilines is 3. The predicted molar refractivity (Wildman–Crippen MR) is 162 cm³/mol. The molecule has 6 rings (SSSR count). The average molecular weight is 597 g/mol. The van der Waals surface area contributed by atoms with E-state index in [4.69, 9.17) is 19.5 Å². The molecule has 1 unspecified atom stereocenters. The summed E-state index contributed by atoms with van der Waals surface area (Å²) in [6.45, 7) is 2.19. The Morgan fingerprint density at radius 1 is 1.00 bits per heavy atom. The van der Waals surface area contributed by atoms with Crippen LogP contribution in [0.2, 0.25) is 0 Å². The molecule has 0 spiro atoms. The molecule has 0 radical (unpaired) electrons. The molecule has 12 heteroatoms. The second-order valence-corrected chi connectivity index (χ2v) is 10.5. The third-order valence-corrected chi connectivity index (χ3v) is 7.79. The van der Waals surface area contributed by atoms with Crippen molar-refractivity contribution in [3.8, 4) is 5.75 Å². The highest BCUT2D eigenvalue weighted by atomic mass is 17.2. The van der Waals surface area contributed by atoms with Gasteiger partial charge in [-0.1, -0.05) is 48.6 Å². The van der Waals surface area contributed by atoms with Gasteiger partial charge < -0.3 is 15.0 Å². The first-order chi connectivity index (χ1) is 21.5. The number of ketones is 1. The molecule has 0 bridgehead atoms. The number of benzene rings is 2. The highest BCUT2D eigenvalue weighted by Crippen LogP contribution is 2.32. The van der Waals surface area contributed by atoms with Crippen molar-refractivity contribution in [1.82, 2.24) is 20.6 Å². The summed E-state index contributed by atoms with van der Waals surface area (Å²) >= 11 is 0. The molecule has 1 saturated heterocycles. The van der Waals surface area contributed by atoms with Crippen molar-refractivity contribution in [2.75, 3.05) is 36.7 Å². The molecule has 3 aliphatic rings. The zero-order chi connectivity index (χ0) is 30.5. The molecule has 1 aliphatic carbocycles. The van der Waals surface area contributed by atoms with Gasteiger partial charge in [0, 0.05) is 23.9 Å². The van der Waals surface area contributed by atoms with E-state index >= 15 is 0 Å². The van der Waals surface area contributed by atoms with Crippen LogP contribution in [0.15, 0.2) is 79.0 Å². The zero-order valence-electron chi connectivity index (χ0n) is 24.1. The quantitative estimate of drug-likeness (QED) is 0.319. The number of nitrogens with one attached hydrogen (secondary N) is 2. The molecule has 2 aliphatic heterocycles. The summed E-state index contributed by atoms with van der Waals surface area (Å²) in [6, 6.07) is 15.4. The summed E-state index contributed by atoms with van der Waals surface area (Å²) < 4.78 is 5.26. The number of aromatic nitrogens is 2. The molecule has 44 heavy (non-hydrogen) atoms. The molecular weight excluding hydrogens is 564 g/mol. The Hall–Kier alpha value is -5.07. The standard InChI is InChI=1S/C32H32N6O6/c1-42-25-12-10-21(11-13-25)26-8-5-9-27(28(26)39)37-20-34-18-23-19-35-31(36-29(23)37)38(24-6-3-2-4-7-24)32(41)44-43-30(40)22-14-16-33-17-15-22/h2-13,19,22,27,33-34H,14-18,20H2,1H3. The topological polar surface area (TPSA) is 135 Å². The van der Waals surface area contributed by atoms with Crippen molar-refractivity contribution in [3.05, 3.63) is 90.1 Å². The fourth-order valence-electron chi connectivity index (χ4n) is 5.45. The summed E-state index contributed by atoms with van der Waals surface area (Å²) in [4.78, 5) is 62.0. The summed E-state index contributed by atoms with van der Waals surface area (Å²) in [7, 11) is 1.59. The van der Waals surface area contributed by atoms with Gasteiger partial charge in [0.1, 0.15) is 17.6 Å². The van der Waals surface area contributed by atoms with E-state index in [1.165, 1.54) is 0 Å². The number of piperidine rings is 1. The molecule has 1 atom stereocenters. The minimum Gasteiger partial charge on any atom is -0.497 e. The van der Waals surface area contributed by atoms with Gasteiger partial charge in [0.2, 0.25) is 5.95 Å². The first kappa shape index (κ1) is 29.0. The van der Waals surface area contributed by atoms with Crippen LogP contribution in [-0.4, -0.2) is 60.7 Å². The van der Waals surface area contributed by atoms with Gasteiger partial charge in [0.25, 0.3) is 0 Å². The molecule has 3 heterocycles. The maximum absolute atomic E-state index is 13.8. The Morgan fingerprint density at radius 2 is 1.77 bits per heavy atom. The number of carbonyl (C=O) groups excluding carboxylic acids is 3. The lowest BCUT2D eigenvalue weighted by Gasteiger charge is -2.36. The van der Waals surface area contributed by atoms with Gasteiger partial charge in [-0.05, 0) is 55.8 Å². The van der Waals surface area contributed by atoms with E-state index < -0.39 is 18.1 Å². The van der Waals surface area contributed by atoms with E-state index in [0.717, 1.165) is 16.0 Å². The van der Waals surface area contributed by atoms with Crippen LogP contribution in [0.1, 0.15) is 24.0 Å². The fraction of sp³-hybridized carbons (Fsp3) is 0.281. The number of carbonyl (C=O) groups is 3. The average Bonchev–Trinajstić information content (AvgIpc) is 3.08. The van der Waals surface area contributed by atoms with Gasteiger partial charge in [0.05, 0.1) is 25.4 Å². The second-order valence-electron chi connectivity index (χ2n) is 10.5. The van der Waals surface area contributed by atoms with Gasteiger partial charge >= 0.3 is 12.1 Å². The molecule has 1 amide bonds. The lowest BCUT2D eigenvalue weighted by Crippen LogP contribution is -2.49. The first-order valence-electron chi connectivity index (χ1n) is 14.4. The van der Waals surface area contributed by atoms with E-state index in [1.54, 1.807) is 49.7 Å². The van der Waals surface area contributed by atoms with E-state index in [1.807, 2.05) is 41.3 Å². The molecule has 226 valence electrons. The Bertz CT molecular complexity index is 1590. The van der Waals surface area contributed by atoms with Crippen molar-refractivity contribution in [2.45, 2.75) is 25.4 Å². The van der Waals surface area contributed by atoms with Crippen LogP contribution < -0.4 is 25.2 Å². The summed E-state index contributed by atoms with van der Waals surface area (Å²) in [5.41, 5.74) is 2.50. The van der Waals surface area contributed by atoms with E-state index in [9.17, 15) is 14.4 Å². The van der Waals surface area contributed by atoms with Gasteiger partial charge in [-0.25, -0.2) is 29.2 Å². The van der Waals surface area contributed by atoms with Crippen molar-refractivity contribution < 1.29 is 28.9 Å². The summed E-state index contributed by atoms with van der Waals surface area (Å²) in [5.74, 6) is 0.145. The predicted octanol–water partition coefficient (Wildman–Crippen LogP) is 3.68. The lowest BCUT2D eigenvalue weighted by molar-refractivity contribution is -0.236. The van der Waals surface area contributed by atoms with E-state index in [0.29, 0.717) is 62.0 Å². The fourth-order valence-corrected chi connectivity index (χ4v) is 5.45. The normalized spacial score (nSPS) is 18.2. The van der Waals surface area contributed by atoms with Gasteiger partial charge in [-0.2, -0.15) is 4.98 Å². The minimum atomic E-state index is -0.975. The number of para-hydroxylation sites is 1. The van der Waals surface area contributed by atoms with Gasteiger partial charge in [-0.3, -0.25) is 10.1 Å². The van der Waals surface area contributed by atoms with Crippen LogP contribution >= 0.6 is 0 Å². The summed E-state index contributed by atoms with van der Waals surface area (Å²) in [6.07, 6.45) is 7.29. The van der Waals surface area contributed by atoms with Crippen LogP contribution in [0.5, 0.6) is 5.75 Å². The maximum Gasteiger partial charge on any atom is 0.464 e. The van der Waals surface area contributed by atoms with Gasteiger partial charge in [-0.15, -0.1) is 0 Å². The number of allylic oxidation sites excluding steroid dienone is 2. The van der Waals surface area contributed by atoms with Gasteiger partial charge in [0.15, 0.2) is 5.78 Å². The number of methoxy groups -OCH3 is 1. The largest absolute Gasteiger partial charge is 0.497 e. The van der Waals surface area contributed by atoms with Crippen molar-refractivity contribution in [1.29, 1.82) is 0 Å². The molecule has 12 nitrogen and oxygen atoms in total. The Morgan fingerprint density at radius 3 is 2.52 bits per heavy atom. The van der Waals surface area contributed by atoms with E-state index in [-0.39, 0.29) is 17.6 Å². The molecular formula is C32H32N6O6. The third-order valence-electron chi connectivity index (χ3n) is 7.79. The zero-order valence-corrected chi connectivity index (χ0v) is 24.1. The maximum atomic E-state index is 13.8. The number of fused-ring (bicyclic) bond motifs is 1. The monoisotopic (exact) mass is 596 g/mol. The molecule has 2 N–H and O–H groups in total. The number of Topliss-reactive ketones (excluding diaryl/α,β-unsaturated/α-hetero) is 1. The number of nitrogens with zero attached hydrogens (tertiary/aromatic N) is 4. The molecule has 2 aromatic carbocycles. The lowest BCUT2D eigenvalue weighted by atomic mass is 9.92. The second kappa shape index (κ2) is 13.1. The van der Waals surface area contributed by atoms with E-state index in [2.05, 4.69) is 15.6 Å². The number of hydrogen-bond donors (Lipinski definition) is 2. The van der Waals surface area contributed by atoms with Crippen LogP contribution in [0.3, 0.4) is 0 Å². The molecule has 0 saturated carbocycles. The Balaban J connectivity index is 1.27. The first-order valence-corrected chi connectivity index (χ1v) is 14.4. The van der Waals surface area contributed by atoms with Crippen LogP contribution in [0.25, 0.3) is 5.57 Å². The highest BCUT2D eigenvalue weighted by Gasteiger charge is 2.34. The van der Waals surface area contributed by atoms with Crippen molar-refractivity contribution in [2.24, 2.45) is 5.92 Å². The molecule has 3 aromatic rings. The molecule has 1 fully saturated rings. The van der Waals surface area contributed by atoms with Crippen molar-refractivity contribution in [3.63, 3.8) is 0 Å². The Kier molecular flexibility index (Phi) is 8.62. The van der Waals surface area contributed by atoms with Crippen LogP contribution in [-0.2, 0) is 25.9 Å². The van der Waals surface area contributed by atoms with Crippen molar-refractivity contribution >= 4 is 40.9 Å². The minimum absolute atomic E-state index is 0.00271. The number of hydrogen-bond acceptors (Lipinski definition) is 11. The Labute approximate surface area is 254 Å².